The summed E-state index contributed by atoms with van der Waals surface area (Å²) >= 11 is 1.85. The highest BCUT2D eigenvalue weighted by atomic mass is 32.1. The Labute approximate surface area is 292 Å². The van der Waals surface area contributed by atoms with Crippen molar-refractivity contribution in [2.24, 2.45) is 0 Å². The highest BCUT2D eigenvalue weighted by Gasteiger charge is 2.15. The monoisotopic (exact) mass is 657 g/mol. The van der Waals surface area contributed by atoms with Crippen LogP contribution < -0.4 is 0 Å². The van der Waals surface area contributed by atoms with E-state index < -0.39 is 0 Å². The Bertz CT molecular complexity index is 2850. The van der Waals surface area contributed by atoms with Gasteiger partial charge in [-0.25, -0.2) is 15.0 Å². The summed E-state index contributed by atoms with van der Waals surface area (Å²) in [6.45, 7) is 0. The van der Waals surface area contributed by atoms with E-state index in [0.29, 0.717) is 17.5 Å². The van der Waals surface area contributed by atoms with Crippen molar-refractivity contribution < 1.29 is 4.42 Å². The largest absolute Gasteiger partial charge is 0.456 e. The van der Waals surface area contributed by atoms with Gasteiger partial charge in [0.15, 0.2) is 17.5 Å². The maximum Gasteiger partial charge on any atom is 0.164 e. The van der Waals surface area contributed by atoms with Crippen molar-refractivity contribution >= 4 is 53.4 Å². The third-order valence-corrected chi connectivity index (χ3v) is 10.5. The molecule has 0 aliphatic rings. The van der Waals surface area contributed by atoms with Crippen molar-refractivity contribution in [1.82, 2.24) is 15.0 Å². The van der Waals surface area contributed by atoms with Crippen molar-refractivity contribution in [2.45, 2.75) is 0 Å². The fourth-order valence-electron chi connectivity index (χ4n) is 6.79. The van der Waals surface area contributed by atoms with Crippen LogP contribution in [-0.4, -0.2) is 15.0 Å². The van der Waals surface area contributed by atoms with Gasteiger partial charge in [-0.05, 0) is 52.6 Å². The molecule has 0 amide bonds. The fraction of sp³-hybridized carbons (Fsp3) is 0. The summed E-state index contributed by atoms with van der Waals surface area (Å²) in [6.07, 6.45) is 0. The lowest BCUT2D eigenvalue weighted by Gasteiger charge is -2.09. The molecule has 3 aromatic heterocycles. The molecule has 0 aliphatic carbocycles. The molecule has 0 saturated carbocycles. The standard InChI is InChI=1S/C45H27N3OS/c1-2-8-31(9-3-1)43-46-44(48-45(47-43)34-23-24-36-35-10-4-6-12-39(35)49-40(36)26-34)32-20-18-29(19-21-32)28-14-16-30(17-15-28)33-22-25-38-37-11-5-7-13-41(37)50-42(38)27-33/h1-27H. The van der Waals surface area contributed by atoms with Crippen LogP contribution in [0.1, 0.15) is 0 Å². The third-order valence-electron chi connectivity index (χ3n) is 9.38. The van der Waals surface area contributed by atoms with Crippen molar-refractivity contribution in [3.63, 3.8) is 0 Å². The van der Waals surface area contributed by atoms with Gasteiger partial charge in [-0.15, -0.1) is 11.3 Å². The lowest BCUT2D eigenvalue weighted by molar-refractivity contribution is 0.669. The van der Waals surface area contributed by atoms with Crippen molar-refractivity contribution in [1.29, 1.82) is 0 Å². The second kappa shape index (κ2) is 11.6. The van der Waals surface area contributed by atoms with Gasteiger partial charge in [0.1, 0.15) is 11.2 Å². The Morgan fingerprint density at radius 3 is 1.54 bits per heavy atom. The van der Waals surface area contributed by atoms with Gasteiger partial charge in [0.05, 0.1) is 0 Å². The van der Waals surface area contributed by atoms with Gasteiger partial charge in [-0.1, -0.05) is 133 Å². The highest BCUT2D eigenvalue weighted by molar-refractivity contribution is 7.25. The Morgan fingerprint density at radius 2 is 0.800 bits per heavy atom. The van der Waals surface area contributed by atoms with Crippen LogP contribution in [0.4, 0.5) is 0 Å². The second-order valence-electron chi connectivity index (χ2n) is 12.4. The SMILES string of the molecule is c1ccc(-c2nc(-c3ccc(-c4ccc(-c5ccc6c(c5)sc5ccccc56)cc4)cc3)nc(-c3ccc4c(c3)oc3ccccc34)n2)cc1. The van der Waals surface area contributed by atoms with E-state index in [1.165, 1.54) is 31.3 Å². The predicted molar refractivity (Wildman–Crippen MR) is 207 cm³/mol. The van der Waals surface area contributed by atoms with Crippen LogP contribution in [0.5, 0.6) is 0 Å². The molecule has 10 aromatic rings. The molecular weight excluding hydrogens is 631 g/mol. The highest BCUT2D eigenvalue weighted by Crippen LogP contribution is 2.37. The van der Waals surface area contributed by atoms with Crippen molar-refractivity contribution in [3.05, 3.63) is 164 Å². The zero-order valence-corrected chi connectivity index (χ0v) is 27.6. The average molecular weight is 658 g/mol. The molecule has 10 rings (SSSR count). The van der Waals surface area contributed by atoms with E-state index in [1.807, 2.05) is 65.9 Å². The molecule has 0 spiro atoms. The van der Waals surface area contributed by atoms with E-state index in [9.17, 15) is 0 Å². The molecule has 50 heavy (non-hydrogen) atoms. The zero-order chi connectivity index (χ0) is 33.0. The molecule has 0 aliphatic heterocycles. The molecule has 3 heterocycles. The third kappa shape index (κ3) is 4.95. The molecule has 0 N–H and O–H groups in total. The maximum atomic E-state index is 6.19. The van der Waals surface area contributed by atoms with Gasteiger partial charge in [0.25, 0.3) is 0 Å². The van der Waals surface area contributed by atoms with E-state index in [4.69, 9.17) is 19.4 Å². The Morgan fingerprint density at radius 1 is 0.320 bits per heavy atom. The number of thiophene rings is 1. The smallest absolute Gasteiger partial charge is 0.164 e. The number of aromatic nitrogens is 3. The first-order valence-corrected chi connectivity index (χ1v) is 17.4. The van der Waals surface area contributed by atoms with Crippen LogP contribution in [0.25, 0.3) is 98.5 Å². The minimum Gasteiger partial charge on any atom is -0.456 e. The normalized spacial score (nSPS) is 11.6. The number of para-hydroxylation sites is 1. The Balaban J connectivity index is 0.981. The van der Waals surface area contributed by atoms with Crippen LogP contribution in [0.15, 0.2) is 168 Å². The average Bonchev–Trinajstić information content (AvgIpc) is 3.76. The summed E-state index contributed by atoms with van der Waals surface area (Å²) in [5, 5.41) is 4.81. The molecule has 7 aromatic carbocycles. The van der Waals surface area contributed by atoms with E-state index >= 15 is 0 Å². The minimum absolute atomic E-state index is 0.602. The summed E-state index contributed by atoms with van der Waals surface area (Å²) in [7, 11) is 0. The predicted octanol–water partition coefficient (Wildman–Crippen LogP) is 12.5. The summed E-state index contributed by atoms with van der Waals surface area (Å²) in [5.41, 5.74) is 9.13. The number of hydrogen-bond donors (Lipinski definition) is 0. The van der Waals surface area contributed by atoms with E-state index in [2.05, 4.69) is 109 Å². The van der Waals surface area contributed by atoms with Gasteiger partial charge in [0.2, 0.25) is 0 Å². The van der Waals surface area contributed by atoms with Crippen LogP contribution in [0.3, 0.4) is 0 Å². The molecular formula is C45H27N3OS. The quantitative estimate of drug-likeness (QED) is 0.185. The van der Waals surface area contributed by atoms with E-state index in [0.717, 1.165) is 49.8 Å². The fourth-order valence-corrected chi connectivity index (χ4v) is 7.93. The molecule has 0 unspecified atom stereocenters. The lowest BCUT2D eigenvalue weighted by Crippen LogP contribution is -2.00. The number of hydrogen-bond acceptors (Lipinski definition) is 5. The minimum atomic E-state index is 0.602. The van der Waals surface area contributed by atoms with E-state index in [1.54, 1.807) is 0 Å². The molecule has 0 bridgehead atoms. The Hall–Kier alpha value is -6.43. The molecule has 0 radical (unpaired) electrons. The molecule has 0 atom stereocenters. The van der Waals surface area contributed by atoms with Crippen LogP contribution in [0.2, 0.25) is 0 Å². The van der Waals surface area contributed by atoms with Gasteiger partial charge < -0.3 is 4.42 Å². The number of fused-ring (bicyclic) bond motifs is 6. The molecule has 234 valence electrons. The first kappa shape index (κ1) is 28.6. The second-order valence-corrected chi connectivity index (χ2v) is 13.5. The molecule has 5 heteroatoms. The molecule has 0 saturated heterocycles. The first-order valence-electron chi connectivity index (χ1n) is 16.6. The van der Waals surface area contributed by atoms with Crippen molar-refractivity contribution in [2.75, 3.05) is 0 Å². The van der Waals surface area contributed by atoms with Crippen LogP contribution in [0, 0.1) is 0 Å². The van der Waals surface area contributed by atoms with Crippen LogP contribution in [-0.2, 0) is 0 Å². The number of furan rings is 1. The number of rotatable bonds is 5. The van der Waals surface area contributed by atoms with E-state index in [-0.39, 0.29) is 0 Å². The summed E-state index contributed by atoms with van der Waals surface area (Å²) in [4.78, 5) is 14.8. The maximum absolute atomic E-state index is 6.19. The lowest BCUT2D eigenvalue weighted by atomic mass is 9.99. The Kier molecular flexibility index (Phi) is 6.64. The summed E-state index contributed by atoms with van der Waals surface area (Å²) in [5.74, 6) is 1.85. The van der Waals surface area contributed by atoms with Gasteiger partial charge in [-0.3, -0.25) is 0 Å². The van der Waals surface area contributed by atoms with Gasteiger partial charge >= 0.3 is 0 Å². The number of nitrogens with zero attached hydrogens (tertiary/aromatic N) is 3. The summed E-state index contributed by atoms with van der Waals surface area (Å²) in [6, 6.07) is 57.0. The van der Waals surface area contributed by atoms with Gasteiger partial charge in [-0.2, -0.15) is 0 Å². The van der Waals surface area contributed by atoms with Gasteiger partial charge in [0, 0.05) is 47.6 Å². The van der Waals surface area contributed by atoms with Crippen molar-refractivity contribution in [3.8, 4) is 56.4 Å². The zero-order valence-electron chi connectivity index (χ0n) is 26.7. The molecule has 4 nitrogen and oxygen atoms in total. The first-order chi connectivity index (χ1) is 24.7. The summed E-state index contributed by atoms with van der Waals surface area (Å²) < 4.78 is 8.83. The van der Waals surface area contributed by atoms with Crippen LogP contribution >= 0.6 is 11.3 Å². The number of benzene rings is 7. The topological polar surface area (TPSA) is 51.8 Å². The molecule has 0 fully saturated rings.